The number of benzene rings is 3. The van der Waals surface area contributed by atoms with Gasteiger partial charge < -0.3 is 15.7 Å². The maximum absolute atomic E-state index is 12.2. The molecule has 0 saturated carbocycles. The van der Waals surface area contributed by atoms with Crippen LogP contribution in [0.5, 0.6) is 5.75 Å². The van der Waals surface area contributed by atoms with Crippen molar-refractivity contribution >= 4 is 39.9 Å². The molecule has 0 bridgehead atoms. The Morgan fingerprint density at radius 2 is 1.73 bits per heavy atom. The van der Waals surface area contributed by atoms with E-state index in [1.54, 1.807) is 0 Å². The Balaban J connectivity index is 1.58. The van der Waals surface area contributed by atoms with Gasteiger partial charge in [-0.05, 0) is 34.5 Å². The van der Waals surface area contributed by atoms with Gasteiger partial charge in [0.15, 0.2) is 0 Å². The fourth-order valence-electron chi connectivity index (χ4n) is 2.66. The average Bonchev–Trinajstić information content (AvgIpc) is 2.63. The number of hydrogen-bond acceptors (Lipinski definition) is 3. The molecule has 0 aliphatic heterocycles. The first kappa shape index (κ1) is 17.8. The molecule has 3 rings (SSSR count). The number of hydrogen-bond donors (Lipinski definition) is 3. The maximum Gasteiger partial charge on any atom is 0.243 e. The Labute approximate surface area is 155 Å². The quantitative estimate of drug-likeness (QED) is 0.603. The highest BCUT2D eigenvalue weighted by molar-refractivity contribution is 6.31. The molecule has 3 aromatic rings. The first-order valence-electron chi connectivity index (χ1n) is 8.04. The van der Waals surface area contributed by atoms with E-state index in [1.165, 1.54) is 18.2 Å². The van der Waals surface area contributed by atoms with Crippen molar-refractivity contribution < 1.29 is 14.7 Å². The summed E-state index contributed by atoms with van der Waals surface area (Å²) in [6.45, 7) is -0.199. The molecule has 3 N–H and O–H groups in total. The molecule has 0 aliphatic carbocycles. The van der Waals surface area contributed by atoms with E-state index in [2.05, 4.69) is 10.6 Å². The summed E-state index contributed by atoms with van der Waals surface area (Å²) in [6.07, 6.45) is 0.178. The number of halogens is 1. The second-order valence-corrected chi connectivity index (χ2v) is 6.24. The van der Waals surface area contributed by atoms with Crippen molar-refractivity contribution in [3.05, 3.63) is 71.2 Å². The Morgan fingerprint density at radius 1 is 0.962 bits per heavy atom. The maximum atomic E-state index is 12.2. The minimum atomic E-state index is -0.450. The van der Waals surface area contributed by atoms with E-state index < -0.39 is 5.91 Å². The fourth-order valence-corrected chi connectivity index (χ4v) is 2.84. The largest absolute Gasteiger partial charge is 0.506 e. The molecular weight excluding hydrogens is 352 g/mol. The van der Waals surface area contributed by atoms with Crippen LogP contribution in [0.2, 0.25) is 5.02 Å². The van der Waals surface area contributed by atoms with E-state index in [9.17, 15) is 14.7 Å². The minimum absolute atomic E-state index is 0.0927. The molecule has 132 valence electrons. The van der Waals surface area contributed by atoms with Gasteiger partial charge in [0, 0.05) is 5.02 Å². The number of carbonyl (C=O) groups is 2. The molecule has 0 fully saturated rings. The third-order valence-corrected chi connectivity index (χ3v) is 4.14. The monoisotopic (exact) mass is 368 g/mol. The second kappa shape index (κ2) is 7.89. The summed E-state index contributed by atoms with van der Waals surface area (Å²) >= 11 is 5.83. The SMILES string of the molecule is O=C(Cc1cccc2ccccc12)NCC(=O)Nc1cc(Cl)ccc1O. The molecule has 0 spiro atoms. The molecule has 0 heterocycles. The lowest BCUT2D eigenvalue weighted by molar-refractivity contribution is -0.123. The van der Waals surface area contributed by atoms with Gasteiger partial charge in [0.2, 0.25) is 11.8 Å². The lowest BCUT2D eigenvalue weighted by Crippen LogP contribution is -2.33. The van der Waals surface area contributed by atoms with E-state index in [0.717, 1.165) is 16.3 Å². The number of phenolic OH excluding ortho intramolecular Hbond substituents is 1. The predicted octanol–water partition coefficient (Wildman–Crippen LogP) is 3.50. The Hall–Kier alpha value is -3.05. The topological polar surface area (TPSA) is 78.4 Å². The Kier molecular flexibility index (Phi) is 5.39. The Bertz CT molecular complexity index is 967. The van der Waals surface area contributed by atoms with Crippen LogP contribution in [0.1, 0.15) is 5.56 Å². The minimum Gasteiger partial charge on any atom is -0.506 e. The molecule has 3 aromatic carbocycles. The van der Waals surface area contributed by atoms with Crippen molar-refractivity contribution in [3.63, 3.8) is 0 Å². The van der Waals surface area contributed by atoms with Gasteiger partial charge in [0.05, 0.1) is 18.7 Å². The lowest BCUT2D eigenvalue weighted by atomic mass is 10.0. The van der Waals surface area contributed by atoms with Gasteiger partial charge in [-0.25, -0.2) is 0 Å². The summed E-state index contributed by atoms with van der Waals surface area (Å²) in [6, 6.07) is 17.9. The van der Waals surface area contributed by atoms with Crippen molar-refractivity contribution in [1.29, 1.82) is 0 Å². The molecule has 0 aromatic heterocycles. The van der Waals surface area contributed by atoms with Crippen molar-refractivity contribution in [3.8, 4) is 5.75 Å². The van der Waals surface area contributed by atoms with Crippen molar-refractivity contribution in [2.45, 2.75) is 6.42 Å². The van der Waals surface area contributed by atoms with E-state index in [1.807, 2.05) is 42.5 Å². The zero-order valence-corrected chi connectivity index (χ0v) is 14.6. The molecular formula is C20H17ClN2O3. The van der Waals surface area contributed by atoms with Crippen LogP contribution in [0, 0.1) is 0 Å². The highest BCUT2D eigenvalue weighted by Crippen LogP contribution is 2.26. The van der Waals surface area contributed by atoms with Crippen LogP contribution >= 0.6 is 11.6 Å². The predicted molar refractivity (Wildman–Crippen MR) is 102 cm³/mol. The highest BCUT2D eigenvalue weighted by atomic mass is 35.5. The van der Waals surface area contributed by atoms with Crippen LogP contribution in [-0.2, 0) is 16.0 Å². The molecule has 0 radical (unpaired) electrons. The highest BCUT2D eigenvalue weighted by Gasteiger charge is 2.10. The first-order valence-corrected chi connectivity index (χ1v) is 8.42. The summed E-state index contributed by atoms with van der Waals surface area (Å²) in [5.74, 6) is -0.800. The van der Waals surface area contributed by atoms with Crippen LogP contribution in [0.25, 0.3) is 10.8 Å². The number of fused-ring (bicyclic) bond motifs is 1. The van der Waals surface area contributed by atoms with Gasteiger partial charge in [0.1, 0.15) is 5.75 Å². The van der Waals surface area contributed by atoms with Crippen LogP contribution in [0.15, 0.2) is 60.7 Å². The summed E-state index contributed by atoms with van der Waals surface area (Å²) in [7, 11) is 0. The van der Waals surface area contributed by atoms with Gasteiger partial charge in [-0.2, -0.15) is 0 Å². The molecule has 6 heteroatoms. The van der Waals surface area contributed by atoms with Gasteiger partial charge in [-0.1, -0.05) is 54.1 Å². The smallest absolute Gasteiger partial charge is 0.243 e. The van der Waals surface area contributed by atoms with E-state index in [4.69, 9.17) is 11.6 Å². The van der Waals surface area contributed by atoms with E-state index >= 15 is 0 Å². The van der Waals surface area contributed by atoms with Crippen molar-refractivity contribution in [2.24, 2.45) is 0 Å². The molecule has 2 amide bonds. The third kappa shape index (κ3) is 4.32. The van der Waals surface area contributed by atoms with Crippen LogP contribution in [0.4, 0.5) is 5.69 Å². The van der Waals surface area contributed by atoms with Crippen molar-refractivity contribution in [1.82, 2.24) is 5.32 Å². The number of carbonyl (C=O) groups excluding carboxylic acids is 2. The van der Waals surface area contributed by atoms with Gasteiger partial charge in [-0.15, -0.1) is 0 Å². The number of phenols is 1. The van der Waals surface area contributed by atoms with Gasteiger partial charge >= 0.3 is 0 Å². The normalized spacial score (nSPS) is 10.5. The number of aromatic hydroxyl groups is 1. The number of nitrogens with one attached hydrogen (secondary N) is 2. The molecule has 0 unspecified atom stereocenters. The molecule has 26 heavy (non-hydrogen) atoms. The summed E-state index contributed by atoms with van der Waals surface area (Å²) < 4.78 is 0. The van der Waals surface area contributed by atoms with Crippen molar-refractivity contribution in [2.75, 3.05) is 11.9 Å². The lowest BCUT2D eigenvalue weighted by Gasteiger charge is -2.10. The standard InChI is InChI=1S/C20H17ClN2O3/c21-15-8-9-18(24)17(11-15)23-20(26)12-22-19(25)10-14-6-3-5-13-4-1-2-7-16(13)14/h1-9,11,24H,10,12H2,(H,22,25)(H,23,26). The summed E-state index contributed by atoms with van der Waals surface area (Å²) in [5.41, 5.74) is 1.10. The second-order valence-electron chi connectivity index (χ2n) is 5.80. The zero-order valence-electron chi connectivity index (χ0n) is 13.8. The fraction of sp³-hybridized carbons (Fsp3) is 0.100. The third-order valence-electron chi connectivity index (χ3n) is 3.91. The van der Waals surface area contributed by atoms with Crippen LogP contribution in [-0.4, -0.2) is 23.5 Å². The number of anilines is 1. The molecule has 0 aliphatic rings. The molecule has 0 saturated heterocycles. The van der Waals surface area contributed by atoms with Crippen LogP contribution in [0.3, 0.4) is 0 Å². The van der Waals surface area contributed by atoms with Gasteiger partial charge in [0.25, 0.3) is 0 Å². The zero-order chi connectivity index (χ0) is 18.5. The Morgan fingerprint density at radius 3 is 2.58 bits per heavy atom. The van der Waals surface area contributed by atoms with Crippen LogP contribution < -0.4 is 10.6 Å². The number of amides is 2. The molecule has 5 nitrogen and oxygen atoms in total. The summed E-state index contributed by atoms with van der Waals surface area (Å²) in [4.78, 5) is 24.1. The molecule has 0 atom stereocenters. The average molecular weight is 369 g/mol. The van der Waals surface area contributed by atoms with Gasteiger partial charge in [-0.3, -0.25) is 9.59 Å². The first-order chi connectivity index (χ1) is 12.5. The van der Waals surface area contributed by atoms with E-state index in [0.29, 0.717) is 5.02 Å². The summed E-state index contributed by atoms with van der Waals surface area (Å²) in [5, 5.41) is 17.3. The number of rotatable bonds is 5. The van der Waals surface area contributed by atoms with E-state index in [-0.39, 0.29) is 30.3 Å².